The van der Waals surface area contributed by atoms with Crippen LogP contribution in [0.3, 0.4) is 0 Å². The third-order valence-corrected chi connectivity index (χ3v) is 2.78. The van der Waals surface area contributed by atoms with Crippen LogP contribution in [0.25, 0.3) is 6.08 Å². The van der Waals surface area contributed by atoms with Crippen molar-refractivity contribution in [2.24, 2.45) is 0 Å². The van der Waals surface area contributed by atoms with Gasteiger partial charge in [-0.25, -0.2) is 0 Å². The minimum absolute atomic E-state index is 0.753. The average molecular weight is 316 g/mol. The molecule has 1 atom stereocenters. The fourth-order valence-electron chi connectivity index (χ4n) is 1.26. The van der Waals surface area contributed by atoms with Crippen molar-refractivity contribution in [3.8, 4) is 5.75 Å². The first-order valence-electron chi connectivity index (χ1n) is 5.17. The van der Waals surface area contributed by atoms with Gasteiger partial charge in [0, 0.05) is 3.92 Å². The number of ether oxygens (including phenoxy) is 1. The number of halogens is 1. The number of allylic oxidation sites excluding steroid dienone is 1. The van der Waals surface area contributed by atoms with Gasteiger partial charge in [-0.2, -0.15) is 0 Å². The molecule has 0 heterocycles. The largest absolute Gasteiger partial charge is 0.497 e. The van der Waals surface area contributed by atoms with Crippen LogP contribution in [0.5, 0.6) is 5.75 Å². The van der Waals surface area contributed by atoms with Gasteiger partial charge in [-0.1, -0.05) is 53.8 Å². The van der Waals surface area contributed by atoms with Crippen LogP contribution in [0, 0.1) is 0 Å². The molecule has 0 N–H and O–H groups in total. The Morgan fingerprint density at radius 3 is 2.53 bits per heavy atom. The molecular weight excluding hydrogens is 299 g/mol. The van der Waals surface area contributed by atoms with Gasteiger partial charge < -0.3 is 4.74 Å². The van der Waals surface area contributed by atoms with Gasteiger partial charge in [0.2, 0.25) is 0 Å². The Morgan fingerprint density at radius 2 is 2.00 bits per heavy atom. The van der Waals surface area contributed by atoms with Crippen LogP contribution in [0.2, 0.25) is 0 Å². The van der Waals surface area contributed by atoms with E-state index >= 15 is 0 Å². The Hall–Kier alpha value is -0.510. The third-order valence-electron chi connectivity index (χ3n) is 2.16. The zero-order chi connectivity index (χ0) is 11.1. The summed E-state index contributed by atoms with van der Waals surface area (Å²) in [7, 11) is 1.69. The Balaban J connectivity index is 2.43. The van der Waals surface area contributed by atoms with Crippen molar-refractivity contribution >= 4 is 28.7 Å². The van der Waals surface area contributed by atoms with E-state index in [4.69, 9.17) is 4.74 Å². The van der Waals surface area contributed by atoms with E-state index in [9.17, 15) is 0 Å². The van der Waals surface area contributed by atoms with E-state index in [2.05, 4.69) is 53.8 Å². The molecule has 0 fully saturated rings. The molecule has 1 aromatic carbocycles. The van der Waals surface area contributed by atoms with Crippen LogP contribution in [0.4, 0.5) is 0 Å². The summed E-state index contributed by atoms with van der Waals surface area (Å²) < 4.78 is 5.85. The second-order valence-electron chi connectivity index (χ2n) is 3.53. The molecule has 0 aliphatic heterocycles. The summed E-state index contributed by atoms with van der Waals surface area (Å²) in [4.78, 5) is 0. The van der Waals surface area contributed by atoms with Crippen molar-refractivity contribution in [2.45, 2.75) is 23.7 Å². The minimum Gasteiger partial charge on any atom is -0.497 e. The number of alkyl halides is 1. The Labute approximate surface area is 106 Å². The molecule has 0 aliphatic carbocycles. The summed E-state index contributed by atoms with van der Waals surface area (Å²) >= 11 is 2.46. The lowest BCUT2D eigenvalue weighted by Crippen LogP contribution is -1.86. The monoisotopic (exact) mass is 316 g/mol. The van der Waals surface area contributed by atoms with Crippen molar-refractivity contribution in [3.05, 3.63) is 35.9 Å². The maximum Gasteiger partial charge on any atom is 0.118 e. The molecule has 1 unspecified atom stereocenters. The highest BCUT2D eigenvalue weighted by Gasteiger charge is 1.92. The lowest BCUT2D eigenvalue weighted by atomic mass is 10.1. The molecule has 0 bridgehead atoms. The van der Waals surface area contributed by atoms with Gasteiger partial charge in [0.1, 0.15) is 5.75 Å². The molecule has 1 aromatic rings. The normalized spacial score (nSPS) is 13.0. The number of hydrogen-bond acceptors (Lipinski definition) is 1. The van der Waals surface area contributed by atoms with Gasteiger partial charge in [-0.3, -0.25) is 0 Å². The Kier molecular flexibility index (Phi) is 5.76. The van der Waals surface area contributed by atoms with E-state index in [1.807, 2.05) is 12.1 Å². The molecule has 0 amide bonds. The summed E-state index contributed by atoms with van der Waals surface area (Å²) in [5.74, 6) is 0.910. The molecule has 0 aromatic heterocycles. The van der Waals surface area contributed by atoms with Gasteiger partial charge in [0.05, 0.1) is 7.11 Å². The maximum atomic E-state index is 5.10. The molecule has 1 nitrogen and oxygen atoms in total. The molecule has 0 radical (unpaired) electrons. The quantitative estimate of drug-likeness (QED) is 0.581. The average Bonchev–Trinajstić information content (AvgIpc) is 2.25. The highest BCUT2D eigenvalue weighted by atomic mass is 127. The molecule has 15 heavy (non-hydrogen) atoms. The zero-order valence-electron chi connectivity index (χ0n) is 9.24. The van der Waals surface area contributed by atoms with E-state index in [1.165, 1.54) is 12.0 Å². The predicted octanol–water partition coefficient (Wildman–Crippen LogP) is 4.31. The molecular formula is C13H17IO. The van der Waals surface area contributed by atoms with Crippen LogP contribution in [-0.2, 0) is 0 Å². The fraction of sp³-hybridized carbons (Fsp3) is 0.385. The third kappa shape index (κ3) is 5.21. The fourth-order valence-corrected chi connectivity index (χ4v) is 1.62. The first kappa shape index (κ1) is 12.6. The molecule has 1 rings (SSSR count). The van der Waals surface area contributed by atoms with E-state index in [1.54, 1.807) is 7.11 Å². The molecule has 82 valence electrons. The van der Waals surface area contributed by atoms with E-state index in [0.29, 0.717) is 0 Å². The molecule has 0 spiro atoms. The molecule has 0 aliphatic rings. The minimum atomic E-state index is 0.753. The topological polar surface area (TPSA) is 9.23 Å². The number of methoxy groups -OCH3 is 1. The van der Waals surface area contributed by atoms with Crippen molar-refractivity contribution < 1.29 is 4.74 Å². The van der Waals surface area contributed by atoms with Gasteiger partial charge in [-0.15, -0.1) is 0 Å². The van der Waals surface area contributed by atoms with Crippen LogP contribution in [0.1, 0.15) is 25.3 Å². The predicted molar refractivity (Wildman–Crippen MR) is 74.7 cm³/mol. The SMILES string of the molecule is COc1ccc(C=CCCC(C)I)cc1. The summed E-state index contributed by atoms with van der Waals surface area (Å²) in [6.45, 7) is 2.24. The van der Waals surface area contributed by atoms with Crippen molar-refractivity contribution in [3.63, 3.8) is 0 Å². The molecule has 0 saturated heterocycles. The van der Waals surface area contributed by atoms with E-state index in [0.717, 1.165) is 16.1 Å². The van der Waals surface area contributed by atoms with Crippen LogP contribution in [0.15, 0.2) is 30.3 Å². The molecule has 0 saturated carbocycles. The maximum absolute atomic E-state index is 5.10. The number of benzene rings is 1. The van der Waals surface area contributed by atoms with Crippen molar-refractivity contribution in [1.82, 2.24) is 0 Å². The lowest BCUT2D eigenvalue weighted by molar-refractivity contribution is 0.415. The second-order valence-corrected chi connectivity index (χ2v) is 5.66. The summed E-state index contributed by atoms with van der Waals surface area (Å²) in [6, 6.07) is 8.12. The number of hydrogen-bond donors (Lipinski definition) is 0. The van der Waals surface area contributed by atoms with Crippen molar-refractivity contribution in [1.29, 1.82) is 0 Å². The van der Waals surface area contributed by atoms with E-state index in [-0.39, 0.29) is 0 Å². The summed E-state index contributed by atoms with van der Waals surface area (Å²) in [5.41, 5.74) is 1.23. The van der Waals surface area contributed by atoms with Gasteiger partial charge in [-0.05, 0) is 30.5 Å². The highest BCUT2D eigenvalue weighted by molar-refractivity contribution is 14.1. The van der Waals surface area contributed by atoms with Crippen LogP contribution in [-0.4, -0.2) is 11.0 Å². The summed E-state index contributed by atoms with van der Waals surface area (Å²) in [6.07, 6.45) is 6.79. The summed E-state index contributed by atoms with van der Waals surface area (Å²) in [5, 5.41) is 0. The van der Waals surface area contributed by atoms with Crippen LogP contribution >= 0.6 is 22.6 Å². The van der Waals surface area contributed by atoms with Crippen LogP contribution < -0.4 is 4.74 Å². The van der Waals surface area contributed by atoms with Gasteiger partial charge in [0.15, 0.2) is 0 Å². The standard InChI is InChI=1S/C13H17IO/c1-11(14)5-3-4-6-12-7-9-13(15-2)10-8-12/h4,6-11H,3,5H2,1-2H3. The first-order chi connectivity index (χ1) is 7.22. The van der Waals surface area contributed by atoms with Gasteiger partial charge >= 0.3 is 0 Å². The first-order valence-corrected chi connectivity index (χ1v) is 6.41. The Morgan fingerprint density at radius 1 is 1.33 bits per heavy atom. The molecule has 2 heteroatoms. The zero-order valence-corrected chi connectivity index (χ0v) is 11.4. The van der Waals surface area contributed by atoms with Gasteiger partial charge in [0.25, 0.3) is 0 Å². The number of rotatable bonds is 5. The highest BCUT2D eigenvalue weighted by Crippen LogP contribution is 2.13. The smallest absolute Gasteiger partial charge is 0.118 e. The Bertz CT molecular complexity index is 301. The lowest BCUT2D eigenvalue weighted by Gasteiger charge is -2.00. The van der Waals surface area contributed by atoms with Crippen molar-refractivity contribution in [2.75, 3.05) is 7.11 Å². The second kappa shape index (κ2) is 6.88. The van der Waals surface area contributed by atoms with E-state index < -0.39 is 0 Å².